The number of aliphatic hydroxyl groups excluding tert-OH is 1. The van der Waals surface area contributed by atoms with Gasteiger partial charge >= 0.3 is 0 Å². The maximum atomic E-state index is 12.9. The van der Waals surface area contributed by atoms with Gasteiger partial charge in [-0.25, -0.2) is 4.39 Å². The quantitative estimate of drug-likeness (QED) is 0.675. The zero-order chi connectivity index (χ0) is 9.30. The van der Waals surface area contributed by atoms with Crippen LogP contribution in [0.15, 0.2) is 12.1 Å². The summed E-state index contributed by atoms with van der Waals surface area (Å²) in [6, 6.07) is 2.45. The van der Waals surface area contributed by atoms with Crippen LogP contribution in [0.1, 0.15) is 24.2 Å². The maximum Gasteiger partial charge on any atom is 0.126 e. The maximum absolute atomic E-state index is 12.9. The Kier molecular flexibility index (Phi) is 2.33. The van der Waals surface area contributed by atoms with E-state index in [1.807, 2.05) is 0 Å². The van der Waals surface area contributed by atoms with Crippen LogP contribution in [0.3, 0.4) is 0 Å². The predicted octanol–water partition coefficient (Wildman–Crippen LogP) is 1.89. The number of aliphatic hydroxyl groups is 1. The van der Waals surface area contributed by atoms with Crippen molar-refractivity contribution in [1.82, 2.24) is 0 Å². The van der Waals surface area contributed by atoms with Crippen molar-refractivity contribution in [1.29, 1.82) is 0 Å². The lowest BCUT2D eigenvalue weighted by atomic mass is 10.1. The molecule has 0 fully saturated rings. The molecule has 12 heavy (non-hydrogen) atoms. The molecule has 0 aliphatic rings. The summed E-state index contributed by atoms with van der Waals surface area (Å²) in [4.78, 5) is 0. The van der Waals surface area contributed by atoms with Crippen molar-refractivity contribution in [3.63, 3.8) is 0 Å². The summed E-state index contributed by atoms with van der Waals surface area (Å²) in [6.07, 6.45) is -0.847. The number of rotatable bonds is 1. The van der Waals surface area contributed by atoms with Crippen molar-refractivity contribution < 1.29 is 14.6 Å². The topological polar surface area (TPSA) is 40.5 Å². The van der Waals surface area contributed by atoms with Gasteiger partial charge in [0.05, 0.1) is 6.10 Å². The van der Waals surface area contributed by atoms with E-state index in [4.69, 9.17) is 5.11 Å². The number of hydrogen-bond acceptors (Lipinski definition) is 2. The van der Waals surface area contributed by atoms with Gasteiger partial charge in [0.15, 0.2) is 0 Å². The molecule has 1 aromatic rings. The number of aryl methyl sites for hydroxylation is 1. The monoisotopic (exact) mass is 170 g/mol. The molecule has 0 aromatic heterocycles. The standard InChI is InChI=1S/C9H11FO2/c1-5-3-9(12)7(6(2)11)4-8(5)10/h3-4,6,11-12H,1-2H3. The van der Waals surface area contributed by atoms with Gasteiger partial charge in [0, 0.05) is 5.56 Å². The van der Waals surface area contributed by atoms with E-state index in [9.17, 15) is 9.50 Å². The fourth-order valence-corrected chi connectivity index (χ4v) is 1.02. The molecule has 1 aromatic carbocycles. The number of phenolic OH excluding ortho intramolecular Hbond substituents is 1. The zero-order valence-corrected chi connectivity index (χ0v) is 7.00. The summed E-state index contributed by atoms with van der Waals surface area (Å²) in [5, 5.41) is 18.4. The van der Waals surface area contributed by atoms with Crippen LogP contribution >= 0.6 is 0 Å². The third kappa shape index (κ3) is 1.56. The van der Waals surface area contributed by atoms with Crippen molar-refractivity contribution in [3.05, 3.63) is 29.1 Å². The molecular formula is C9H11FO2. The van der Waals surface area contributed by atoms with Crippen LogP contribution in [-0.2, 0) is 0 Å². The van der Waals surface area contributed by atoms with Crippen LogP contribution in [0.4, 0.5) is 4.39 Å². The van der Waals surface area contributed by atoms with Crippen LogP contribution < -0.4 is 0 Å². The molecule has 1 unspecified atom stereocenters. The molecule has 0 bridgehead atoms. The lowest BCUT2D eigenvalue weighted by Crippen LogP contribution is -1.94. The Labute approximate surface area is 70.3 Å². The highest BCUT2D eigenvalue weighted by molar-refractivity contribution is 5.37. The van der Waals surface area contributed by atoms with E-state index in [-0.39, 0.29) is 11.3 Å². The SMILES string of the molecule is Cc1cc(O)c(C(C)O)cc1F. The molecule has 0 heterocycles. The fraction of sp³-hybridized carbons (Fsp3) is 0.333. The summed E-state index contributed by atoms with van der Waals surface area (Å²) < 4.78 is 12.9. The van der Waals surface area contributed by atoms with Crippen molar-refractivity contribution >= 4 is 0 Å². The Morgan fingerprint density at radius 1 is 1.42 bits per heavy atom. The van der Waals surface area contributed by atoms with Crippen LogP contribution in [0.5, 0.6) is 5.75 Å². The third-order valence-corrected chi connectivity index (χ3v) is 1.76. The number of benzene rings is 1. The minimum atomic E-state index is -0.847. The van der Waals surface area contributed by atoms with Gasteiger partial charge in [-0.05, 0) is 31.5 Å². The molecule has 0 saturated heterocycles. The Morgan fingerprint density at radius 3 is 2.50 bits per heavy atom. The van der Waals surface area contributed by atoms with E-state index in [0.717, 1.165) is 6.07 Å². The predicted molar refractivity (Wildman–Crippen MR) is 43.4 cm³/mol. The summed E-state index contributed by atoms with van der Waals surface area (Å²) in [5.74, 6) is -0.479. The van der Waals surface area contributed by atoms with E-state index in [0.29, 0.717) is 5.56 Å². The Balaban J connectivity index is 3.23. The molecule has 0 radical (unpaired) electrons. The second-order valence-electron chi connectivity index (χ2n) is 2.84. The molecule has 0 aliphatic carbocycles. The van der Waals surface area contributed by atoms with Crippen molar-refractivity contribution in [3.8, 4) is 5.75 Å². The van der Waals surface area contributed by atoms with E-state index in [1.54, 1.807) is 6.92 Å². The minimum absolute atomic E-state index is 0.0658. The van der Waals surface area contributed by atoms with Gasteiger partial charge in [-0.1, -0.05) is 0 Å². The molecular weight excluding hydrogens is 159 g/mol. The molecule has 0 spiro atoms. The summed E-state index contributed by atoms with van der Waals surface area (Å²) in [5.41, 5.74) is 0.593. The second-order valence-corrected chi connectivity index (χ2v) is 2.84. The molecule has 0 amide bonds. The molecule has 3 heteroatoms. The van der Waals surface area contributed by atoms with Crippen molar-refractivity contribution in [2.75, 3.05) is 0 Å². The van der Waals surface area contributed by atoms with Gasteiger partial charge in [-0.3, -0.25) is 0 Å². The highest BCUT2D eigenvalue weighted by Gasteiger charge is 2.10. The Bertz CT molecular complexity index is 295. The minimum Gasteiger partial charge on any atom is -0.508 e. The van der Waals surface area contributed by atoms with E-state index < -0.39 is 11.9 Å². The van der Waals surface area contributed by atoms with Gasteiger partial charge in [-0.15, -0.1) is 0 Å². The first-order valence-corrected chi connectivity index (χ1v) is 3.69. The van der Waals surface area contributed by atoms with Gasteiger partial charge in [-0.2, -0.15) is 0 Å². The Hall–Kier alpha value is -1.09. The first-order chi connectivity index (χ1) is 5.52. The van der Waals surface area contributed by atoms with Gasteiger partial charge in [0.1, 0.15) is 11.6 Å². The summed E-state index contributed by atoms with van der Waals surface area (Å²) in [7, 11) is 0. The number of aromatic hydroxyl groups is 1. The van der Waals surface area contributed by atoms with E-state index in [2.05, 4.69) is 0 Å². The average molecular weight is 170 g/mol. The van der Waals surface area contributed by atoms with Crippen LogP contribution in [0.25, 0.3) is 0 Å². The summed E-state index contributed by atoms with van der Waals surface area (Å²) in [6.45, 7) is 3.03. The highest BCUT2D eigenvalue weighted by Crippen LogP contribution is 2.26. The zero-order valence-electron chi connectivity index (χ0n) is 7.00. The molecule has 2 nitrogen and oxygen atoms in total. The lowest BCUT2D eigenvalue weighted by Gasteiger charge is -2.08. The van der Waals surface area contributed by atoms with Crippen LogP contribution in [-0.4, -0.2) is 10.2 Å². The van der Waals surface area contributed by atoms with Crippen molar-refractivity contribution in [2.45, 2.75) is 20.0 Å². The molecule has 1 rings (SSSR count). The molecule has 2 N–H and O–H groups in total. The van der Waals surface area contributed by atoms with Gasteiger partial charge in [0.2, 0.25) is 0 Å². The number of halogens is 1. The van der Waals surface area contributed by atoms with E-state index in [1.165, 1.54) is 13.0 Å². The largest absolute Gasteiger partial charge is 0.508 e. The Morgan fingerprint density at radius 2 is 2.00 bits per heavy atom. The summed E-state index contributed by atoms with van der Waals surface area (Å²) >= 11 is 0. The number of phenols is 1. The average Bonchev–Trinajstić information content (AvgIpc) is 1.96. The van der Waals surface area contributed by atoms with Crippen molar-refractivity contribution in [2.24, 2.45) is 0 Å². The van der Waals surface area contributed by atoms with Crippen LogP contribution in [0.2, 0.25) is 0 Å². The normalized spacial score (nSPS) is 13.0. The molecule has 0 aliphatic heterocycles. The fourth-order valence-electron chi connectivity index (χ4n) is 1.02. The van der Waals surface area contributed by atoms with Gasteiger partial charge in [0.25, 0.3) is 0 Å². The first-order valence-electron chi connectivity index (χ1n) is 3.69. The molecule has 0 saturated carbocycles. The highest BCUT2D eigenvalue weighted by atomic mass is 19.1. The van der Waals surface area contributed by atoms with Crippen LogP contribution in [0, 0.1) is 12.7 Å². The first kappa shape index (κ1) is 9.00. The smallest absolute Gasteiger partial charge is 0.126 e. The lowest BCUT2D eigenvalue weighted by molar-refractivity contribution is 0.194. The second kappa shape index (κ2) is 3.11. The van der Waals surface area contributed by atoms with E-state index >= 15 is 0 Å². The third-order valence-electron chi connectivity index (χ3n) is 1.76. The van der Waals surface area contributed by atoms with Gasteiger partial charge < -0.3 is 10.2 Å². The molecule has 66 valence electrons. The molecule has 1 atom stereocenters. The number of hydrogen-bond donors (Lipinski definition) is 2.